The summed E-state index contributed by atoms with van der Waals surface area (Å²) >= 11 is 3.38. The van der Waals surface area contributed by atoms with Crippen molar-refractivity contribution in [2.45, 2.75) is 19.9 Å². The highest BCUT2D eigenvalue weighted by molar-refractivity contribution is 9.10. The van der Waals surface area contributed by atoms with Gasteiger partial charge in [-0.05, 0) is 42.8 Å². The molecule has 0 atom stereocenters. The molecule has 0 aliphatic carbocycles. The van der Waals surface area contributed by atoms with Crippen molar-refractivity contribution in [3.63, 3.8) is 0 Å². The number of fused-ring (bicyclic) bond motifs is 2. The number of para-hydroxylation sites is 2. The normalized spacial score (nSPS) is 11.2. The average molecular weight is 426 g/mol. The molecule has 6 nitrogen and oxygen atoms in total. The number of amides is 1. The van der Waals surface area contributed by atoms with E-state index in [0.29, 0.717) is 23.5 Å². The van der Waals surface area contributed by atoms with E-state index in [1.165, 1.54) is 6.07 Å². The molecule has 0 saturated heterocycles. The van der Waals surface area contributed by atoms with Gasteiger partial charge < -0.3 is 8.98 Å². The number of aryl methyl sites for hydroxylation is 1. The van der Waals surface area contributed by atoms with E-state index in [-0.39, 0.29) is 5.56 Å². The number of nitrogens with one attached hydrogen (secondary N) is 1. The zero-order valence-electron chi connectivity index (χ0n) is 14.5. The molecule has 0 spiro atoms. The van der Waals surface area contributed by atoms with Crippen molar-refractivity contribution in [2.24, 2.45) is 0 Å². The Morgan fingerprint density at radius 3 is 2.85 bits per heavy atom. The Morgan fingerprint density at radius 2 is 2.04 bits per heavy atom. The standard InChI is InChI=1S/C20H16BrN3O3/c1-2-9-24-16-6-4-3-5-15(16)22-20(24)23-18(25)14-11-12-10-13(21)7-8-17(12)27-19(14)26/h3-8,10-11H,2,9H2,1H3,(H,22,23,25). The van der Waals surface area contributed by atoms with Gasteiger partial charge in [0.25, 0.3) is 5.91 Å². The van der Waals surface area contributed by atoms with Crippen molar-refractivity contribution in [1.29, 1.82) is 0 Å². The summed E-state index contributed by atoms with van der Waals surface area (Å²) in [5.74, 6) is -0.130. The maximum absolute atomic E-state index is 12.8. The molecule has 4 rings (SSSR count). The minimum absolute atomic E-state index is 0.0595. The number of nitrogens with zero attached hydrogens (tertiary/aromatic N) is 2. The van der Waals surface area contributed by atoms with Crippen LogP contribution in [0.4, 0.5) is 5.95 Å². The summed E-state index contributed by atoms with van der Waals surface area (Å²) in [7, 11) is 0. The second-order valence-electron chi connectivity index (χ2n) is 6.16. The molecule has 0 bridgehead atoms. The lowest BCUT2D eigenvalue weighted by Crippen LogP contribution is -2.22. The van der Waals surface area contributed by atoms with Gasteiger partial charge in [0, 0.05) is 16.4 Å². The van der Waals surface area contributed by atoms with E-state index in [4.69, 9.17) is 4.42 Å². The van der Waals surface area contributed by atoms with Crippen LogP contribution in [0.5, 0.6) is 0 Å². The first kappa shape index (κ1) is 17.5. The highest BCUT2D eigenvalue weighted by atomic mass is 79.9. The van der Waals surface area contributed by atoms with Crippen molar-refractivity contribution in [1.82, 2.24) is 9.55 Å². The third-order valence-corrected chi connectivity index (χ3v) is 4.76. The zero-order chi connectivity index (χ0) is 19.0. The van der Waals surface area contributed by atoms with E-state index in [1.54, 1.807) is 18.2 Å². The molecule has 0 fully saturated rings. The molecule has 7 heteroatoms. The van der Waals surface area contributed by atoms with E-state index in [2.05, 4.69) is 33.2 Å². The molecule has 27 heavy (non-hydrogen) atoms. The molecule has 0 aliphatic heterocycles. The van der Waals surface area contributed by atoms with Gasteiger partial charge in [-0.1, -0.05) is 35.0 Å². The van der Waals surface area contributed by atoms with Crippen LogP contribution in [-0.2, 0) is 6.54 Å². The summed E-state index contributed by atoms with van der Waals surface area (Å²) in [4.78, 5) is 29.5. The second-order valence-corrected chi connectivity index (χ2v) is 7.08. The number of imidazole rings is 1. The molecule has 1 N–H and O–H groups in total. The van der Waals surface area contributed by atoms with Crippen LogP contribution in [0.15, 0.2) is 62.2 Å². The van der Waals surface area contributed by atoms with Gasteiger partial charge in [0.05, 0.1) is 11.0 Å². The molecule has 1 amide bonds. The molecular weight excluding hydrogens is 410 g/mol. The van der Waals surface area contributed by atoms with Crippen LogP contribution in [0.25, 0.3) is 22.0 Å². The van der Waals surface area contributed by atoms with Crippen LogP contribution in [-0.4, -0.2) is 15.5 Å². The first-order chi connectivity index (χ1) is 13.1. The van der Waals surface area contributed by atoms with E-state index >= 15 is 0 Å². The fourth-order valence-electron chi connectivity index (χ4n) is 3.04. The second kappa shape index (κ2) is 7.00. The number of benzene rings is 2. The van der Waals surface area contributed by atoms with Crippen molar-refractivity contribution in [3.8, 4) is 0 Å². The van der Waals surface area contributed by atoms with Gasteiger partial charge in [-0.15, -0.1) is 0 Å². The number of rotatable bonds is 4. The van der Waals surface area contributed by atoms with Crippen LogP contribution in [0, 0.1) is 0 Å². The van der Waals surface area contributed by atoms with E-state index in [1.807, 2.05) is 28.8 Å². The first-order valence-electron chi connectivity index (χ1n) is 8.57. The quantitative estimate of drug-likeness (QED) is 0.485. The highest BCUT2D eigenvalue weighted by Gasteiger charge is 2.18. The van der Waals surface area contributed by atoms with Gasteiger partial charge >= 0.3 is 5.63 Å². The molecule has 0 saturated carbocycles. The van der Waals surface area contributed by atoms with E-state index in [9.17, 15) is 9.59 Å². The van der Waals surface area contributed by atoms with Crippen LogP contribution in [0.3, 0.4) is 0 Å². The predicted octanol–water partition coefficient (Wildman–Crippen LogP) is 4.57. The Hall–Kier alpha value is -2.93. The minimum Gasteiger partial charge on any atom is -0.422 e. The van der Waals surface area contributed by atoms with Crippen molar-refractivity contribution >= 4 is 49.8 Å². The number of halogens is 1. The van der Waals surface area contributed by atoms with E-state index in [0.717, 1.165) is 21.9 Å². The fraction of sp³-hybridized carbons (Fsp3) is 0.150. The van der Waals surface area contributed by atoms with Gasteiger partial charge in [0.2, 0.25) is 5.95 Å². The predicted molar refractivity (Wildman–Crippen MR) is 108 cm³/mol. The monoisotopic (exact) mass is 425 g/mol. The molecule has 0 aliphatic rings. The molecule has 2 aromatic carbocycles. The van der Waals surface area contributed by atoms with Crippen molar-refractivity contribution < 1.29 is 9.21 Å². The van der Waals surface area contributed by atoms with Gasteiger partial charge in [0.15, 0.2) is 0 Å². The van der Waals surface area contributed by atoms with Gasteiger partial charge in [-0.25, -0.2) is 9.78 Å². The highest BCUT2D eigenvalue weighted by Crippen LogP contribution is 2.22. The molecule has 0 unspecified atom stereocenters. The van der Waals surface area contributed by atoms with Gasteiger partial charge in [0.1, 0.15) is 11.1 Å². The molecule has 2 heterocycles. The number of hydrogen-bond acceptors (Lipinski definition) is 4. The van der Waals surface area contributed by atoms with Crippen molar-refractivity contribution in [3.05, 3.63) is 69.0 Å². The summed E-state index contributed by atoms with van der Waals surface area (Å²) in [6, 6.07) is 14.5. The smallest absolute Gasteiger partial charge is 0.349 e. The number of anilines is 1. The molecule has 0 radical (unpaired) electrons. The summed E-state index contributed by atoms with van der Waals surface area (Å²) in [6.07, 6.45) is 0.884. The number of aromatic nitrogens is 2. The Morgan fingerprint density at radius 1 is 1.22 bits per heavy atom. The number of hydrogen-bond donors (Lipinski definition) is 1. The Bertz CT molecular complexity index is 1230. The van der Waals surface area contributed by atoms with Gasteiger partial charge in [-0.3, -0.25) is 10.1 Å². The average Bonchev–Trinajstić information content (AvgIpc) is 2.99. The maximum Gasteiger partial charge on any atom is 0.349 e. The zero-order valence-corrected chi connectivity index (χ0v) is 16.1. The van der Waals surface area contributed by atoms with Crippen molar-refractivity contribution in [2.75, 3.05) is 5.32 Å². The molecule has 2 aromatic heterocycles. The lowest BCUT2D eigenvalue weighted by Gasteiger charge is -2.09. The Kier molecular flexibility index (Phi) is 4.53. The third-order valence-electron chi connectivity index (χ3n) is 4.27. The van der Waals surface area contributed by atoms with Crippen LogP contribution in [0.2, 0.25) is 0 Å². The lowest BCUT2D eigenvalue weighted by atomic mass is 10.2. The largest absolute Gasteiger partial charge is 0.422 e. The first-order valence-corrected chi connectivity index (χ1v) is 9.36. The molecular formula is C20H16BrN3O3. The van der Waals surface area contributed by atoms with Crippen LogP contribution >= 0.6 is 15.9 Å². The lowest BCUT2D eigenvalue weighted by molar-refractivity contribution is 0.102. The summed E-state index contributed by atoms with van der Waals surface area (Å²) in [5.41, 5.74) is 1.41. The van der Waals surface area contributed by atoms with E-state index < -0.39 is 11.5 Å². The minimum atomic E-state index is -0.680. The third kappa shape index (κ3) is 3.26. The number of carbonyl (C=O) groups excluding carboxylic acids is 1. The molecule has 136 valence electrons. The fourth-order valence-corrected chi connectivity index (χ4v) is 3.42. The summed E-state index contributed by atoms with van der Waals surface area (Å²) < 4.78 is 8.05. The Balaban J connectivity index is 1.75. The summed E-state index contributed by atoms with van der Waals surface area (Å²) in [6.45, 7) is 2.76. The number of carbonyl (C=O) groups is 1. The van der Waals surface area contributed by atoms with Gasteiger partial charge in [-0.2, -0.15) is 0 Å². The summed E-state index contributed by atoms with van der Waals surface area (Å²) in [5, 5.41) is 3.43. The van der Waals surface area contributed by atoms with Crippen LogP contribution < -0.4 is 10.9 Å². The maximum atomic E-state index is 12.8. The topological polar surface area (TPSA) is 77.1 Å². The Labute approximate surface area is 162 Å². The SMILES string of the molecule is CCCn1c(NC(=O)c2cc3cc(Br)ccc3oc2=O)nc2ccccc21. The molecule has 4 aromatic rings. The van der Waals surface area contributed by atoms with Crippen LogP contribution in [0.1, 0.15) is 23.7 Å².